The molecule has 4 heteroatoms. The average molecular weight is 256 g/mol. The Morgan fingerprint density at radius 3 is 2.86 bits per heavy atom. The summed E-state index contributed by atoms with van der Waals surface area (Å²) in [6, 6.07) is 5.00. The van der Waals surface area contributed by atoms with Gasteiger partial charge in [-0.3, -0.25) is 0 Å². The van der Waals surface area contributed by atoms with Gasteiger partial charge in [0.25, 0.3) is 0 Å². The van der Waals surface area contributed by atoms with Gasteiger partial charge in [-0.2, -0.15) is 0 Å². The van der Waals surface area contributed by atoms with E-state index in [4.69, 9.17) is 4.42 Å². The van der Waals surface area contributed by atoms with Crippen LogP contribution in [0.4, 0.5) is 4.39 Å². The lowest BCUT2D eigenvalue weighted by Crippen LogP contribution is -1.84. The van der Waals surface area contributed by atoms with Crippen LogP contribution >= 0.6 is 15.9 Å². The normalized spacial score (nSPS) is 10.5. The van der Waals surface area contributed by atoms with E-state index in [1.807, 2.05) is 0 Å². The second kappa shape index (κ2) is 3.53. The first-order valence-electron chi connectivity index (χ1n) is 4.05. The van der Waals surface area contributed by atoms with Crippen LogP contribution in [-0.2, 0) is 0 Å². The first-order valence-corrected chi connectivity index (χ1v) is 4.84. The van der Waals surface area contributed by atoms with E-state index in [0.717, 1.165) is 0 Å². The minimum absolute atomic E-state index is 0.307. The van der Waals surface area contributed by atoms with E-state index in [2.05, 4.69) is 20.9 Å². The van der Waals surface area contributed by atoms with Crippen LogP contribution in [0.1, 0.15) is 5.76 Å². The Morgan fingerprint density at radius 1 is 1.43 bits per heavy atom. The van der Waals surface area contributed by atoms with Crippen molar-refractivity contribution >= 4 is 15.9 Å². The molecule has 0 fully saturated rings. The van der Waals surface area contributed by atoms with Crippen molar-refractivity contribution in [3.63, 3.8) is 0 Å². The lowest BCUT2D eigenvalue weighted by molar-refractivity contribution is 0.534. The molecule has 0 unspecified atom stereocenters. The largest absolute Gasteiger partial charge is 0.441 e. The monoisotopic (exact) mass is 255 g/mol. The Balaban J connectivity index is 2.57. The molecule has 0 aliphatic heterocycles. The Bertz CT molecular complexity index is 467. The van der Waals surface area contributed by atoms with Crippen LogP contribution in [0.15, 0.2) is 33.3 Å². The van der Waals surface area contributed by atoms with E-state index in [-0.39, 0.29) is 5.82 Å². The Hall–Kier alpha value is -1.16. The van der Waals surface area contributed by atoms with Gasteiger partial charge in [-0.1, -0.05) is 6.07 Å². The molecule has 0 radical (unpaired) electrons. The van der Waals surface area contributed by atoms with Crippen molar-refractivity contribution in [2.45, 2.75) is 6.92 Å². The van der Waals surface area contributed by atoms with E-state index in [1.54, 1.807) is 31.3 Å². The van der Waals surface area contributed by atoms with Crippen LogP contribution in [0.3, 0.4) is 0 Å². The van der Waals surface area contributed by atoms with Crippen molar-refractivity contribution in [2.75, 3.05) is 0 Å². The summed E-state index contributed by atoms with van der Waals surface area (Å²) in [7, 11) is 0. The first kappa shape index (κ1) is 9.40. The maximum Gasteiger partial charge on any atom is 0.229 e. The molecule has 0 aliphatic carbocycles. The SMILES string of the molecule is Cc1cnc(-c2cccc(Br)c2F)o1. The lowest BCUT2D eigenvalue weighted by Gasteiger charge is -1.99. The summed E-state index contributed by atoms with van der Waals surface area (Å²) in [5.41, 5.74) is 0.368. The van der Waals surface area contributed by atoms with E-state index in [1.165, 1.54) is 0 Å². The van der Waals surface area contributed by atoms with Crippen LogP contribution < -0.4 is 0 Å². The fourth-order valence-electron chi connectivity index (χ4n) is 1.15. The van der Waals surface area contributed by atoms with Crippen LogP contribution in [0.2, 0.25) is 0 Å². The summed E-state index contributed by atoms with van der Waals surface area (Å²) < 4.78 is 19.2. The molecule has 0 aliphatic rings. The maximum atomic E-state index is 13.5. The lowest BCUT2D eigenvalue weighted by atomic mass is 10.2. The molecule has 2 nitrogen and oxygen atoms in total. The second-order valence-electron chi connectivity index (χ2n) is 2.88. The predicted molar refractivity (Wildman–Crippen MR) is 54.3 cm³/mol. The third-order valence-corrected chi connectivity index (χ3v) is 2.42. The van der Waals surface area contributed by atoms with Gasteiger partial charge < -0.3 is 4.42 Å². The molecule has 0 amide bonds. The topological polar surface area (TPSA) is 26.0 Å². The van der Waals surface area contributed by atoms with Gasteiger partial charge in [-0.25, -0.2) is 9.37 Å². The summed E-state index contributed by atoms with van der Waals surface area (Å²) in [5, 5.41) is 0. The highest BCUT2D eigenvalue weighted by Crippen LogP contribution is 2.27. The van der Waals surface area contributed by atoms with Crippen LogP contribution in [0.25, 0.3) is 11.5 Å². The van der Waals surface area contributed by atoms with Gasteiger partial charge in [0.15, 0.2) is 0 Å². The molecule has 1 aromatic heterocycles. The summed E-state index contributed by atoms with van der Waals surface area (Å²) in [5.74, 6) is 0.620. The van der Waals surface area contributed by atoms with Gasteiger partial charge in [0.05, 0.1) is 16.2 Å². The predicted octanol–water partition coefficient (Wildman–Crippen LogP) is 3.55. The molecule has 0 N–H and O–H groups in total. The zero-order valence-corrected chi connectivity index (χ0v) is 9.01. The highest BCUT2D eigenvalue weighted by Gasteiger charge is 2.12. The van der Waals surface area contributed by atoms with E-state index < -0.39 is 0 Å². The summed E-state index contributed by atoms with van der Waals surface area (Å²) in [4.78, 5) is 3.96. The molecule has 72 valence electrons. The zero-order valence-electron chi connectivity index (χ0n) is 7.42. The minimum atomic E-state index is -0.352. The third-order valence-electron chi connectivity index (χ3n) is 1.80. The highest BCUT2D eigenvalue weighted by molar-refractivity contribution is 9.10. The molecule has 2 aromatic rings. The van der Waals surface area contributed by atoms with Crippen LogP contribution in [-0.4, -0.2) is 4.98 Å². The standard InChI is InChI=1S/C10H7BrFNO/c1-6-5-13-10(14-6)7-3-2-4-8(11)9(7)12/h2-5H,1H3. The van der Waals surface area contributed by atoms with Crippen LogP contribution in [0, 0.1) is 12.7 Å². The molecule has 1 aromatic carbocycles. The van der Waals surface area contributed by atoms with Gasteiger partial charge in [-0.05, 0) is 35.0 Å². The molecule has 14 heavy (non-hydrogen) atoms. The Kier molecular flexibility index (Phi) is 2.37. The highest BCUT2D eigenvalue weighted by atomic mass is 79.9. The number of rotatable bonds is 1. The number of nitrogens with zero attached hydrogens (tertiary/aromatic N) is 1. The number of hydrogen-bond donors (Lipinski definition) is 0. The van der Waals surface area contributed by atoms with Crippen molar-refractivity contribution < 1.29 is 8.81 Å². The molecular formula is C10H7BrFNO. The quantitative estimate of drug-likeness (QED) is 0.779. The molecule has 0 atom stereocenters. The summed E-state index contributed by atoms with van der Waals surface area (Å²) in [6.07, 6.45) is 1.57. The number of aromatic nitrogens is 1. The Labute approximate surface area is 88.9 Å². The number of benzene rings is 1. The van der Waals surface area contributed by atoms with Crippen molar-refractivity contribution in [3.05, 3.63) is 40.4 Å². The number of halogens is 2. The van der Waals surface area contributed by atoms with Gasteiger partial charge in [-0.15, -0.1) is 0 Å². The first-order chi connectivity index (χ1) is 6.68. The van der Waals surface area contributed by atoms with Crippen molar-refractivity contribution in [1.82, 2.24) is 4.98 Å². The maximum absolute atomic E-state index is 13.5. The molecule has 2 rings (SSSR count). The van der Waals surface area contributed by atoms with Crippen molar-refractivity contribution in [2.24, 2.45) is 0 Å². The molecule has 0 saturated heterocycles. The molecule has 1 heterocycles. The van der Waals surface area contributed by atoms with Crippen molar-refractivity contribution in [3.8, 4) is 11.5 Å². The molecule has 0 spiro atoms. The fraction of sp³-hybridized carbons (Fsp3) is 0.100. The molecule has 0 saturated carbocycles. The van der Waals surface area contributed by atoms with Crippen LogP contribution in [0.5, 0.6) is 0 Å². The van der Waals surface area contributed by atoms with E-state index in [9.17, 15) is 4.39 Å². The Morgan fingerprint density at radius 2 is 2.21 bits per heavy atom. The van der Waals surface area contributed by atoms with Gasteiger partial charge in [0, 0.05) is 0 Å². The fourth-order valence-corrected chi connectivity index (χ4v) is 1.51. The smallest absolute Gasteiger partial charge is 0.229 e. The van der Waals surface area contributed by atoms with Gasteiger partial charge in [0.2, 0.25) is 5.89 Å². The van der Waals surface area contributed by atoms with Crippen molar-refractivity contribution in [1.29, 1.82) is 0 Å². The molecule has 0 bridgehead atoms. The van der Waals surface area contributed by atoms with E-state index >= 15 is 0 Å². The zero-order chi connectivity index (χ0) is 10.1. The number of oxazole rings is 1. The summed E-state index contributed by atoms with van der Waals surface area (Å²) >= 11 is 3.11. The average Bonchev–Trinajstić information content (AvgIpc) is 2.57. The minimum Gasteiger partial charge on any atom is -0.441 e. The number of hydrogen-bond acceptors (Lipinski definition) is 2. The second-order valence-corrected chi connectivity index (χ2v) is 3.73. The molecular weight excluding hydrogens is 249 g/mol. The van der Waals surface area contributed by atoms with Gasteiger partial charge in [0.1, 0.15) is 11.6 Å². The third kappa shape index (κ3) is 1.57. The van der Waals surface area contributed by atoms with E-state index in [0.29, 0.717) is 21.7 Å². The number of aryl methyl sites for hydroxylation is 1. The van der Waals surface area contributed by atoms with Gasteiger partial charge >= 0.3 is 0 Å². The summed E-state index contributed by atoms with van der Waals surface area (Å²) in [6.45, 7) is 1.77.